The fraction of sp³-hybridized carbons (Fsp3) is 0.462. The molecule has 1 aliphatic rings. The van der Waals surface area contributed by atoms with Crippen LogP contribution in [0.3, 0.4) is 0 Å². The number of hydrogen-bond donors (Lipinski definition) is 1. The van der Waals surface area contributed by atoms with Crippen LogP contribution in [0, 0.1) is 5.82 Å². The number of hydrogen-bond acceptors (Lipinski definition) is 3. The molecule has 0 spiro atoms. The summed E-state index contributed by atoms with van der Waals surface area (Å²) >= 11 is 0. The number of halogens is 1. The first kappa shape index (κ1) is 12.8. The summed E-state index contributed by atoms with van der Waals surface area (Å²) < 4.78 is 19.2. The van der Waals surface area contributed by atoms with Gasteiger partial charge in [-0.15, -0.1) is 0 Å². The van der Waals surface area contributed by atoms with Crippen molar-refractivity contribution in [2.75, 3.05) is 24.6 Å². The van der Waals surface area contributed by atoms with Crippen LogP contribution in [-0.4, -0.2) is 31.7 Å². The highest BCUT2D eigenvalue weighted by molar-refractivity contribution is 5.99. The van der Waals surface area contributed by atoms with Crippen LogP contribution in [0.1, 0.15) is 23.7 Å². The Morgan fingerprint density at radius 1 is 1.56 bits per heavy atom. The Kier molecular flexibility index (Phi) is 3.81. The predicted octanol–water partition coefficient (Wildman–Crippen LogP) is 1.54. The molecule has 0 aliphatic carbocycles. The highest BCUT2D eigenvalue weighted by Gasteiger charge is 2.21. The first-order valence-corrected chi connectivity index (χ1v) is 6.04. The normalized spacial score (nSPS) is 20.6. The second-order valence-corrected chi connectivity index (χ2v) is 4.48. The Bertz CT molecular complexity index is 451. The topological polar surface area (TPSA) is 55.6 Å². The Balaban J connectivity index is 2.37. The van der Waals surface area contributed by atoms with E-state index in [0.717, 1.165) is 13.0 Å². The Morgan fingerprint density at radius 2 is 2.33 bits per heavy atom. The molecule has 1 heterocycles. The minimum Gasteiger partial charge on any atom is -0.377 e. The van der Waals surface area contributed by atoms with Gasteiger partial charge in [-0.3, -0.25) is 4.79 Å². The van der Waals surface area contributed by atoms with Crippen molar-refractivity contribution in [3.63, 3.8) is 0 Å². The molecule has 1 fully saturated rings. The molecular formula is C13H17FN2O2. The smallest absolute Gasteiger partial charge is 0.253 e. The fourth-order valence-corrected chi connectivity index (χ4v) is 2.23. The van der Waals surface area contributed by atoms with Crippen molar-refractivity contribution in [2.24, 2.45) is 5.73 Å². The zero-order chi connectivity index (χ0) is 13.1. The van der Waals surface area contributed by atoms with Crippen molar-refractivity contribution in [1.82, 2.24) is 0 Å². The number of primary amides is 1. The van der Waals surface area contributed by atoms with Gasteiger partial charge in [0.05, 0.1) is 17.4 Å². The third-order valence-corrected chi connectivity index (χ3v) is 3.03. The number of nitrogens with zero attached hydrogens (tertiary/aromatic N) is 1. The average Bonchev–Trinajstić information content (AvgIpc) is 2.53. The Hall–Kier alpha value is -1.62. The van der Waals surface area contributed by atoms with Gasteiger partial charge in [0.1, 0.15) is 5.82 Å². The second kappa shape index (κ2) is 5.35. The lowest BCUT2D eigenvalue weighted by Gasteiger charge is -2.26. The molecular weight excluding hydrogens is 235 g/mol. The molecule has 0 radical (unpaired) electrons. The molecule has 4 nitrogen and oxygen atoms in total. The van der Waals surface area contributed by atoms with Crippen molar-refractivity contribution in [3.8, 4) is 0 Å². The van der Waals surface area contributed by atoms with Crippen LogP contribution in [0.4, 0.5) is 10.1 Å². The summed E-state index contributed by atoms with van der Waals surface area (Å²) in [4.78, 5) is 13.3. The van der Waals surface area contributed by atoms with Gasteiger partial charge in [-0.1, -0.05) is 6.07 Å². The number of carbonyl (C=O) groups is 1. The lowest BCUT2D eigenvalue weighted by molar-refractivity contribution is 0.0820. The number of anilines is 1. The summed E-state index contributed by atoms with van der Waals surface area (Å²) in [5.41, 5.74) is 5.78. The van der Waals surface area contributed by atoms with E-state index in [2.05, 4.69) is 0 Å². The molecule has 2 rings (SSSR count). The van der Waals surface area contributed by atoms with E-state index in [-0.39, 0.29) is 11.7 Å². The summed E-state index contributed by atoms with van der Waals surface area (Å²) in [6.45, 7) is 4.00. The van der Waals surface area contributed by atoms with Gasteiger partial charge in [0, 0.05) is 19.7 Å². The summed E-state index contributed by atoms with van der Waals surface area (Å²) in [7, 11) is 0. The summed E-state index contributed by atoms with van der Waals surface area (Å²) in [5, 5.41) is 0. The van der Waals surface area contributed by atoms with E-state index >= 15 is 0 Å². The van der Waals surface area contributed by atoms with Crippen molar-refractivity contribution in [1.29, 1.82) is 0 Å². The van der Waals surface area contributed by atoms with Gasteiger partial charge in [-0.2, -0.15) is 0 Å². The zero-order valence-electron chi connectivity index (χ0n) is 10.4. The SMILES string of the molecule is CC1CN(c2cccc(F)c2C(N)=O)CCCO1. The first-order chi connectivity index (χ1) is 8.59. The second-order valence-electron chi connectivity index (χ2n) is 4.48. The van der Waals surface area contributed by atoms with E-state index < -0.39 is 11.7 Å². The summed E-state index contributed by atoms with van der Waals surface area (Å²) in [6.07, 6.45) is 0.899. The molecule has 2 N–H and O–H groups in total. The van der Waals surface area contributed by atoms with Crippen LogP contribution in [0.15, 0.2) is 18.2 Å². The molecule has 98 valence electrons. The maximum Gasteiger partial charge on any atom is 0.253 e. The van der Waals surface area contributed by atoms with Gasteiger partial charge >= 0.3 is 0 Å². The largest absolute Gasteiger partial charge is 0.377 e. The molecule has 0 aromatic heterocycles. The molecule has 5 heteroatoms. The maximum atomic E-state index is 13.7. The number of rotatable bonds is 2. The number of benzene rings is 1. The number of carbonyl (C=O) groups excluding carboxylic acids is 1. The molecule has 1 aliphatic heterocycles. The van der Waals surface area contributed by atoms with Crippen LogP contribution < -0.4 is 10.6 Å². The van der Waals surface area contributed by atoms with Crippen LogP contribution in [0.5, 0.6) is 0 Å². The van der Waals surface area contributed by atoms with E-state index in [1.807, 2.05) is 11.8 Å². The van der Waals surface area contributed by atoms with Crippen molar-refractivity contribution >= 4 is 11.6 Å². The zero-order valence-corrected chi connectivity index (χ0v) is 10.4. The molecule has 1 amide bonds. The molecule has 18 heavy (non-hydrogen) atoms. The molecule has 0 bridgehead atoms. The van der Waals surface area contributed by atoms with E-state index in [4.69, 9.17) is 10.5 Å². The van der Waals surface area contributed by atoms with E-state index in [9.17, 15) is 9.18 Å². The third-order valence-electron chi connectivity index (χ3n) is 3.03. The molecule has 0 saturated carbocycles. The first-order valence-electron chi connectivity index (χ1n) is 6.04. The van der Waals surface area contributed by atoms with Gasteiger partial charge in [-0.05, 0) is 25.5 Å². The number of nitrogens with two attached hydrogens (primary N) is 1. The van der Waals surface area contributed by atoms with Crippen LogP contribution >= 0.6 is 0 Å². The van der Waals surface area contributed by atoms with Gasteiger partial charge in [0.15, 0.2) is 0 Å². The third kappa shape index (κ3) is 2.61. The van der Waals surface area contributed by atoms with Gasteiger partial charge in [0.25, 0.3) is 5.91 Å². The van der Waals surface area contributed by atoms with Crippen LogP contribution in [0.25, 0.3) is 0 Å². The number of ether oxygens (including phenoxy) is 1. The average molecular weight is 252 g/mol. The van der Waals surface area contributed by atoms with E-state index in [0.29, 0.717) is 18.8 Å². The highest BCUT2D eigenvalue weighted by Crippen LogP contribution is 2.24. The van der Waals surface area contributed by atoms with Gasteiger partial charge in [0.2, 0.25) is 0 Å². The van der Waals surface area contributed by atoms with Crippen molar-refractivity contribution < 1.29 is 13.9 Å². The lowest BCUT2D eigenvalue weighted by atomic mass is 10.1. The van der Waals surface area contributed by atoms with E-state index in [1.54, 1.807) is 12.1 Å². The minimum atomic E-state index is -0.735. The molecule has 1 saturated heterocycles. The maximum absolute atomic E-state index is 13.7. The monoisotopic (exact) mass is 252 g/mol. The van der Waals surface area contributed by atoms with Crippen molar-refractivity contribution in [2.45, 2.75) is 19.4 Å². The van der Waals surface area contributed by atoms with Crippen molar-refractivity contribution in [3.05, 3.63) is 29.6 Å². The summed E-state index contributed by atoms with van der Waals surface area (Å²) in [6, 6.07) is 4.57. The minimum absolute atomic E-state index is 0.0356. The summed E-state index contributed by atoms with van der Waals surface area (Å²) in [5.74, 6) is -1.31. The molecule has 1 atom stereocenters. The molecule has 1 aromatic rings. The lowest BCUT2D eigenvalue weighted by Crippen LogP contribution is -2.32. The standard InChI is InChI=1S/C13H17FN2O2/c1-9-8-16(6-3-7-18-9)11-5-2-4-10(14)12(11)13(15)17/h2,4-5,9H,3,6-8H2,1H3,(H2,15,17). The Morgan fingerprint density at radius 3 is 3.06 bits per heavy atom. The molecule has 1 unspecified atom stereocenters. The van der Waals surface area contributed by atoms with Gasteiger partial charge in [-0.25, -0.2) is 4.39 Å². The number of amides is 1. The van der Waals surface area contributed by atoms with Gasteiger partial charge < -0.3 is 15.4 Å². The quantitative estimate of drug-likeness (QED) is 0.868. The Labute approximate surface area is 106 Å². The fourth-order valence-electron chi connectivity index (χ4n) is 2.23. The van der Waals surface area contributed by atoms with Crippen LogP contribution in [-0.2, 0) is 4.74 Å². The van der Waals surface area contributed by atoms with Crippen LogP contribution in [0.2, 0.25) is 0 Å². The highest BCUT2D eigenvalue weighted by atomic mass is 19.1. The van der Waals surface area contributed by atoms with E-state index in [1.165, 1.54) is 6.07 Å². The predicted molar refractivity (Wildman–Crippen MR) is 67.2 cm³/mol. The molecule has 1 aromatic carbocycles.